The van der Waals surface area contributed by atoms with E-state index in [1.165, 1.54) is 5.56 Å². The van der Waals surface area contributed by atoms with E-state index in [1.54, 1.807) is 6.07 Å². The molecule has 0 spiro atoms. The van der Waals surface area contributed by atoms with Gasteiger partial charge in [0.2, 0.25) is 0 Å². The molecule has 2 rings (SSSR count). The molecule has 0 aliphatic rings. The van der Waals surface area contributed by atoms with Crippen LogP contribution < -0.4 is 11.2 Å². The zero-order valence-electron chi connectivity index (χ0n) is 12.9. The fraction of sp³-hybridized carbons (Fsp3) is 0.389. The topological polar surface area (TPSA) is 48.0 Å². The van der Waals surface area contributed by atoms with Crippen LogP contribution in [0.5, 0.6) is 0 Å². The van der Waals surface area contributed by atoms with Crippen LogP contribution in [0, 0.1) is 0 Å². The minimum absolute atomic E-state index is 0.142. The second kappa shape index (κ2) is 7.23. The van der Waals surface area contributed by atoms with Gasteiger partial charge in [0.1, 0.15) is 0 Å². The van der Waals surface area contributed by atoms with Crippen molar-refractivity contribution in [1.29, 1.82) is 0 Å². The van der Waals surface area contributed by atoms with E-state index in [-0.39, 0.29) is 5.43 Å². The Kier molecular flexibility index (Phi) is 5.34. The summed E-state index contributed by atoms with van der Waals surface area (Å²) in [5.74, 6) is 0.326. The van der Waals surface area contributed by atoms with Gasteiger partial charge in [-0.1, -0.05) is 44.2 Å². The number of nitrogens with zero attached hydrogens (tertiary/aromatic N) is 1. The van der Waals surface area contributed by atoms with Crippen molar-refractivity contribution in [3.63, 3.8) is 0 Å². The first-order valence-electron chi connectivity index (χ1n) is 7.59. The third-order valence-electron chi connectivity index (χ3n) is 3.73. The second-order valence-electron chi connectivity index (χ2n) is 5.71. The van der Waals surface area contributed by atoms with E-state index in [4.69, 9.17) is 5.73 Å². The Bertz CT molecular complexity index is 629. The molecule has 1 aromatic heterocycles. The smallest absolute Gasteiger partial charge is 0.185 e. The van der Waals surface area contributed by atoms with E-state index in [9.17, 15) is 4.79 Å². The Morgan fingerprint density at radius 2 is 1.86 bits per heavy atom. The number of hydrogen-bond acceptors (Lipinski definition) is 2. The maximum Gasteiger partial charge on any atom is 0.185 e. The van der Waals surface area contributed by atoms with Gasteiger partial charge in [0, 0.05) is 36.6 Å². The van der Waals surface area contributed by atoms with E-state index < -0.39 is 0 Å². The fourth-order valence-electron chi connectivity index (χ4n) is 2.58. The molecule has 0 aliphatic heterocycles. The maximum absolute atomic E-state index is 12.3. The molecular formula is C18H24N2O. The number of hydrogen-bond donors (Lipinski definition) is 1. The lowest BCUT2D eigenvalue weighted by atomic mass is 10.0. The van der Waals surface area contributed by atoms with Gasteiger partial charge in [-0.05, 0) is 24.3 Å². The van der Waals surface area contributed by atoms with Crippen LogP contribution in [0.1, 0.15) is 36.6 Å². The van der Waals surface area contributed by atoms with Crippen LogP contribution in [0.3, 0.4) is 0 Å². The summed E-state index contributed by atoms with van der Waals surface area (Å²) >= 11 is 0. The van der Waals surface area contributed by atoms with E-state index >= 15 is 0 Å². The molecule has 0 radical (unpaired) electrons. The molecule has 0 saturated heterocycles. The largest absolute Gasteiger partial charge is 0.349 e. The standard InChI is InChI=1S/C18H24N2O/c1-14(2)17-12-18(21)16(13-20(17)11-10-19)9-8-15-6-4-3-5-7-15/h3-7,12-14H,8-11,19H2,1-2H3. The normalized spacial score (nSPS) is 11.0. The molecule has 0 atom stereocenters. The first kappa shape index (κ1) is 15.5. The maximum atomic E-state index is 12.3. The Labute approximate surface area is 126 Å². The van der Waals surface area contributed by atoms with Gasteiger partial charge in [0.25, 0.3) is 0 Å². The summed E-state index contributed by atoms with van der Waals surface area (Å²) in [5.41, 5.74) is 9.02. The number of benzene rings is 1. The first-order valence-corrected chi connectivity index (χ1v) is 7.59. The van der Waals surface area contributed by atoms with Gasteiger partial charge >= 0.3 is 0 Å². The Hall–Kier alpha value is -1.87. The summed E-state index contributed by atoms with van der Waals surface area (Å²) < 4.78 is 2.13. The lowest BCUT2D eigenvalue weighted by molar-refractivity contribution is 0.624. The van der Waals surface area contributed by atoms with Gasteiger partial charge in [-0.3, -0.25) is 4.79 Å². The molecule has 0 bridgehead atoms. The van der Waals surface area contributed by atoms with Crippen LogP contribution in [0.4, 0.5) is 0 Å². The lowest BCUT2D eigenvalue weighted by Crippen LogP contribution is -2.21. The first-order chi connectivity index (χ1) is 10.1. The van der Waals surface area contributed by atoms with Crippen molar-refractivity contribution in [3.8, 4) is 0 Å². The van der Waals surface area contributed by atoms with Crippen LogP contribution >= 0.6 is 0 Å². The second-order valence-corrected chi connectivity index (χ2v) is 5.71. The van der Waals surface area contributed by atoms with Gasteiger partial charge in [-0.15, -0.1) is 0 Å². The van der Waals surface area contributed by atoms with Crippen molar-refractivity contribution in [2.45, 2.75) is 39.2 Å². The highest BCUT2D eigenvalue weighted by atomic mass is 16.1. The molecule has 3 nitrogen and oxygen atoms in total. The monoisotopic (exact) mass is 284 g/mol. The van der Waals surface area contributed by atoms with E-state index in [0.29, 0.717) is 12.5 Å². The van der Waals surface area contributed by atoms with E-state index in [0.717, 1.165) is 30.6 Å². The van der Waals surface area contributed by atoms with Crippen LogP contribution in [-0.2, 0) is 19.4 Å². The van der Waals surface area contributed by atoms with E-state index in [2.05, 4.69) is 30.5 Å². The fourth-order valence-corrected chi connectivity index (χ4v) is 2.58. The molecular weight excluding hydrogens is 260 g/mol. The van der Waals surface area contributed by atoms with Gasteiger partial charge < -0.3 is 10.3 Å². The number of rotatable bonds is 6. The molecule has 2 N–H and O–H groups in total. The number of aryl methyl sites for hydroxylation is 2. The Morgan fingerprint density at radius 3 is 2.48 bits per heavy atom. The highest BCUT2D eigenvalue weighted by Gasteiger charge is 2.09. The molecule has 0 unspecified atom stereocenters. The van der Waals surface area contributed by atoms with Crippen molar-refractivity contribution < 1.29 is 0 Å². The highest BCUT2D eigenvalue weighted by Crippen LogP contribution is 2.14. The SMILES string of the molecule is CC(C)c1cc(=O)c(CCc2ccccc2)cn1CCN. The summed E-state index contributed by atoms with van der Waals surface area (Å²) in [4.78, 5) is 12.3. The number of nitrogens with two attached hydrogens (primary N) is 1. The lowest BCUT2D eigenvalue weighted by Gasteiger charge is -2.17. The van der Waals surface area contributed by atoms with Crippen LogP contribution in [-0.4, -0.2) is 11.1 Å². The minimum Gasteiger partial charge on any atom is -0.349 e. The van der Waals surface area contributed by atoms with Crippen molar-refractivity contribution in [2.75, 3.05) is 6.54 Å². The summed E-state index contributed by atoms with van der Waals surface area (Å²) in [7, 11) is 0. The highest BCUT2D eigenvalue weighted by molar-refractivity contribution is 5.21. The zero-order chi connectivity index (χ0) is 15.2. The van der Waals surface area contributed by atoms with Gasteiger partial charge in [0.15, 0.2) is 5.43 Å². The van der Waals surface area contributed by atoms with E-state index in [1.807, 2.05) is 24.4 Å². The van der Waals surface area contributed by atoms with Crippen molar-refractivity contribution >= 4 is 0 Å². The predicted octanol–water partition coefficient (Wildman–Crippen LogP) is 2.72. The third kappa shape index (κ3) is 4.05. The molecule has 112 valence electrons. The Balaban J connectivity index is 2.23. The van der Waals surface area contributed by atoms with Crippen molar-refractivity contribution in [3.05, 3.63) is 69.6 Å². The summed E-state index contributed by atoms with van der Waals surface area (Å²) in [5, 5.41) is 0. The van der Waals surface area contributed by atoms with Crippen LogP contribution in [0.2, 0.25) is 0 Å². The number of aromatic nitrogens is 1. The zero-order valence-corrected chi connectivity index (χ0v) is 12.9. The van der Waals surface area contributed by atoms with Gasteiger partial charge in [0.05, 0.1) is 0 Å². The summed E-state index contributed by atoms with van der Waals surface area (Å²) in [6.45, 7) is 5.55. The molecule has 2 aromatic rings. The average molecular weight is 284 g/mol. The minimum atomic E-state index is 0.142. The van der Waals surface area contributed by atoms with Gasteiger partial charge in [-0.2, -0.15) is 0 Å². The van der Waals surface area contributed by atoms with Gasteiger partial charge in [-0.25, -0.2) is 0 Å². The summed E-state index contributed by atoms with van der Waals surface area (Å²) in [6, 6.07) is 12.0. The third-order valence-corrected chi connectivity index (χ3v) is 3.73. The summed E-state index contributed by atoms with van der Waals surface area (Å²) in [6.07, 6.45) is 3.65. The molecule has 0 saturated carbocycles. The number of pyridine rings is 1. The van der Waals surface area contributed by atoms with Crippen molar-refractivity contribution in [2.24, 2.45) is 5.73 Å². The van der Waals surface area contributed by atoms with Crippen molar-refractivity contribution in [1.82, 2.24) is 4.57 Å². The molecule has 0 aliphatic carbocycles. The Morgan fingerprint density at radius 1 is 1.14 bits per heavy atom. The van der Waals surface area contributed by atoms with Crippen LogP contribution in [0.25, 0.3) is 0 Å². The average Bonchev–Trinajstić information content (AvgIpc) is 2.48. The molecule has 21 heavy (non-hydrogen) atoms. The van der Waals surface area contributed by atoms with Crippen LogP contribution in [0.15, 0.2) is 47.4 Å². The predicted molar refractivity (Wildman–Crippen MR) is 87.7 cm³/mol. The molecule has 1 heterocycles. The molecule has 0 amide bonds. The molecule has 3 heteroatoms. The molecule has 0 fully saturated rings. The quantitative estimate of drug-likeness (QED) is 0.886. The molecule has 1 aromatic carbocycles.